The minimum Gasteiger partial charge on any atom is -0.473 e. The zero-order valence-electron chi connectivity index (χ0n) is 26.4. The van der Waals surface area contributed by atoms with Crippen molar-refractivity contribution >= 4 is 23.6 Å². The number of hydroxylamine groups is 1. The summed E-state index contributed by atoms with van der Waals surface area (Å²) in [4.78, 5) is 46.3. The molecular weight excluding hydrogens is 594 g/mol. The van der Waals surface area contributed by atoms with E-state index in [0.29, 0.717) is 51.8 Å². The smallest absolute Gasteiger partial charge is 0.239 e. The number of hydrogen-bond donors (Lipinski definition) is 7. The van der Waals surface area contributed by atoms with Crippen molar-refractivity contribution in [3.63, 3.8) is 0 Å². The van der Waals surface area contributed by atoms with Crippen LogP contribution in [0.15, 0.2) is 18.7 Å². The van der Waals surface area contributed by atoms with Crippen LogP contribution in [0.1, 0.15) is 32.9 Å². The molecule has 1 rings (SSSR count). The van der Waals surface area contributed by atoms with Crippen molar-refractivity contribution in [3.05, 3.63) is 24.4 Å². The predicted molar refractivity (Wildman–Crippen MR) is 160 cm³/mol. The van der Waals surface area contributed by atoms with Crippen molar-refractivity contribution in [1.82, 2.24) is 47.1 Å². The molecule has 256 valence electrons. The third kappa shape index (κ3) is 23.2. The number of ether oxygens (including phenoxy) is 4. The van der Waals surface area contributed by atoms with Gasteiger partial charge in [0.15, 0.2) is 5.88 Å². The lowest BCUT2D eigenvalue weighted by Gasteiger charge is -2.17. The van der Waals surface area contributed by atoms with Crippen LogP contribution in [0.5, 0.6) is 0 Å². The van der Waals surface area contributed by atoms with E-state index in [9.17, 15) is 19.2 Å². The van der Waals surface area contributed by atoms with Crippen LogP contribution in [-0.4, -0.2) is 123 Å². The molecule has 18 nitrogen and oxygen atoms in total. The molecule has 0 saturated heterocycles. The van der Waals surface area contributed by atoms with Gasteiger partial charge in [0.05, 0.1) is 72.0 Å². The van der Waals surface area contributed by atoms with Crippen molar-refractivity contribution in [2.45, 2.75) is 40.3 Å². The third-order valence-corrected chi connectivity index (χ3v) is 5.53. The van der Waals surface area contributed by atoms with Crippen LogP contribution < -0.4 is 32.1 Å². The molecule has 0 bridgehead atoms. The molecule has 1 aromatic rings. The Bertz CT molecular complexity index is 1030. The van der Waals surface area contributed by atoms with Crippen LogP contribution in [0.2, 0.25) is 0 Å². The van der Waals surface area contributed by atoms with Gasteiger partial charge in [0.1, 0.15) is 12.3 Å². The Morgan fingerprint density at radius 3 is 1.87 bits per heavy atom. The molecule has 4 amide bonds. The van der Waals surface area contributed by atoms with Crippen molar-refractivity contribution in [2.24, 2.45) is 5.41 Å². The van der Waals surface area contributed by atoms with Crippen molar-refractivity contribution in [1.29, 1.82) is 0 Å². The average Bonchev–Trinajstić information content (AvgIpc) is 3.45. The van der Waals surface area contributed by atoms with Gasteiger partial charge in [-0.1, -0.05) is 26.0 Å². The lowest BCUT2D eigenvalue weighted by atomic mass is 9.93. The number of rotatable bonds is 26. The fourth-order valence-electron chi connectivity index (χ4n) is 3.07. The first kappa shape index (κ1) is 39.2. The number of aromatic nitrogens is 3. The van der Waals surface area contributed by atoms with Crippen molar-refractivity contribution < 1.29 is 43.3 Å². The number of nitrogens with one attached hydrogen (secondary N) is 6. The third-order valence-electron chi connectivity index (χ3n) is 5.53. The monoisotopic (exact) mass is 643 g/mol. The first-order chi connectivity index (χ1) is 21.5. The highest BCUT2D eigenvalue weighted by Crippen LogP contribution is 2.17. The van der Waals surface area contributed by atoms with E-state index in [4.69, 9.17) is 24.2 Å². The summed E-state index contributed by atoms with van der Waals surface area (Å²) in [6.45, 7) is 13.4. The van der Waals surface area contributed by atoms with E-state index in [2.05, 4.69) is 64.2 Å². The van der Waals surface area contributed by atoms with Crippen molar-refractivity contribution in [3.8, 4) is 0 Å². The van der Waals surface area contributed by atoms with Gasteiger partial charge >= 0.3 is 0 Å². The molecule has 0 fully saturated rings. The molecule has 1 heterocycles. The molecular formula is C27H49N9O9. The summed E-state index contributed by atoms with van der Waals surface area (Å²) in [5.74, 6) is -1.93. The van der Waals surface area contributed by atoms with Crippen LogP contribution in [-0.2, 0) is 51.3 Å². The summed E-state index contributed by atoms with van der Waals surface area (Å²) in [6, 6.07) is 0. The molecule has 0 saturated carbocycles. The van der Waals surface area contributed by atoms with E-state index in [1.165, 1.54) is 0 Å². The van der Waals surface area contributed by atoms with E-state index < -0.39 is 23.6 Å². The first-order valence-corrected chi connectivity index (χ1v) is 14.6. The van der Waals surface area contributed by atoms with Crippen LogP contribution in [0.25, 0.3) is 0 Å². The zero-order valence-corrected chi connectivity index (χ0v) is 26.4. The number of hydrogen-bond acceptors (Lipinski definition) is 13. The van der Waals surface area contributed by atoms with Crippen LogP contribution in [0.4, 0.5) is 0 Å². The first-order valence-electron chi connectivity index (χ1n) is 14.6. The molecule has 18 heteroatoms. The second-order valence-corrected chi connectivity index (χ2v) is 10.8. The second kappa shape index (κ2) is 23.5. The normalized spacial score (nSPS) is 11.0. The number of carbonyl (C=O) groups is 4. The molecule has 0 radical (unpaired) electrons. The Hall–Kier alpha value is -3.84. The van der Waals surface area contributed by atoms with Gasteiger partial charge in [-0.2, -0.15) is 5.48 Å². The number of amides is 4. The zero-order chi connectivity index (χ0) is 33.3. The summed E-state index contributed by atoms with van der Waals surface area (Å²) in [5, 5.41) is 28.8. The van der Waals surface area contributed by atoms with Gasteiger partial charge in [-0.15, -0.1) is 5.10 Å². The Kier molecular flexibility index (Phi) is 20.5. The maximum absolute atomic E-state index is 11.9. The van der Waals surface area contributed by atoms with E-state index in [0.717, 1.165) is 13.0 Å². The molecule has 0 unspecified atom stereocenters. The fourth-order valence-corrected chi connectivity index (χ4v) is 3.07. The predicted octanol–water partition coefficient (Wildman–Crippen LogP) is -2.21. The largest absolute Gasteiger partial charge is 0.473 e. The van der Waals surface area contributed by atoms with Gasteiger partial charge in [-0.05, 0) is 18.4 Å². The second-order valence-electron chi connectivity index (χ2n) is 10.8. The summed E-state index contributed by atoms with van der Waals surface area (Å²) in [7, 11) is 0. The maximum atomic E-state index is 11.9. The Balaban J connectivity index is 2.01. The van der Waals surface area contributed by atoms with Gasteiger partial charge in [-0.25, -0.2) is 4.68 Å². The van der Waals surface area contributed by atoms with E-state index in [1.54, 1.807) is 16.4 Å². The topological polar surface area (TPSA) is 228 Å². The minimum atomic E-state index is -0.606. The highest BCUT2D eigenvalue weighted by molar-refractivity contribution is 5.90. The van der Waals surface area contributed by atoms with E-state index in [-0.39, 0.29) is 50.6 Å². The quantitative estimate of drug-likeness (QED) is 0.0323. The Morgan fingerprint density at radius 2 is 1.29 bits per heavy atom. The highest BCUT2D eigenvalue weighted by atomic mass is 16.5. The molecule has 0 atom stereocenters. The van der Waals surface area contributed by atoms with Crippen LogP contribution in [0.3, 0.4) is 0 Å². The standard InChI is InChI=1S/C27H49N9O9/c1-21(28-6-7-29-23(37)15-30-24(38)16-31-25(39)17-32-26(40)18-33-41)45-20-22-19-36(35-34-22)8-10-43-12-14-44-13-11-42-9-5-27(2,3)4/h19,28,33,41H,1,5-18,20H2,2-4H3,(H,29,37)(H,30,38)(H,31,39)(H,32,40). The molecule has 0 aliphatic rings. The molecule has 0 aromatic carbocycles. The summed E-state index contributed by atoms with van der Waals surface area (Å²) in [5.41, 5.74) is 2.52. The lowest BCUT2D eigenvalue weighted by molar-refractivity contribution is -0.128. The van der Waals surface area contributed by atoms with Crippen LogP contribution in [0, 0.1) is 5.41 Å². The van der Waals surface area contributed by atoms with Gasteiger partial charge < -0.3 is 50.7 Å². The molecule has 45 heavy (non-hydrogen) atoms. The SMILES string of the molecule is C=C(NCCNC(=O)CNC(=O)CNC(=O)CNC(=O)CNO)OCc1cn(CCOCCOCCOCCC(C)(C)C)nn1. The van der Waals surface area contributed by atoms with E-state index >= 15 is 0 Å². The average molecular weight is 644 g/mol. The summed E-state index contributed by atoms with van der Waals surface area (Å²) in [6.07, 6.45) is 2.76. The Labute approximate surface area is 263 Å². The van der Waals surface area contributed by atoms with Crippen LogP contribution >= 0.6 is 0 Å². The molecule has 0 spiro atoms. The van der Waals surface area contributed by atoms with Crippen molar-refractivity contribution in [2.75, 3.05) is 78.9 Å². The maximum Gasteiger partial charge on any atom is 0.239 e. The fraction of sp³-hybridized carbons (Fsp3) is 0.704. The van der Waals surface area contributed by atoms with Gasteiger partial charge in [-0.3, -0.25) is 19.2 Å². The molecule has 1 aromatic heterocycles. The molecule has 7 N–H and O–H groups in total. The minimum absolute atomic E-state index is 0.152. The van der Waals surface area contributed by atoms with E-state index in [1.807, 2.05) is 0 Å². The molecule has 0 aliphatic carbocycles. The number of carbonyl (C=O) groups excluding carboxylic acids is 4. The summed E-state index contributed by atoms with van der Waals surface area (Å²) >= 11 is 0. The van der Waals surface area contributed by atoms with Gasteiger partial charge in [0.2, 0.25) is 23.6 Å². The van der Waals surface area contributed by atoms with Gasteiger partial charge in [0, 0.05) is 19.7 Å². The Morgan fingerprint density at radius 1 is 0.778 bits per heavy atom. The number of nitrogens with zero attached hydrogens (tertiary/aromatic N) is 3. The highest BCUT2D eigenvalue weighted by Gasteiger charge is 2.10. The molecule has 0 aliphatic heterocycles. The summed E-state index contributed by atoms with van der Waals surface area (Å²) < 4.78 is 23.8. The van der Waals surface area contributed by atoms with Gasteiger partial charge in [0.25, 0.3) is 0 Å². The lowest BCUT2D eigenvalue weighted by Crippen LogP contribution is -2.45.